The molecule has 0 aliphatic rings. The summed E-state index contributed by atoms with van der Waals surface area (Å²) >= 11 is 2.24. The molecular weight excluding hydrogens is 339 g/mol. The van der Waals surface area contributed by atoms with Crippen molar-refractivity contribution in [2.75, 3.05) is 0 Å². The minimum Gasteiger partial charge on any atom is -0.461 e. The van der Waals surface area contributed by atoms with Crippen molar-refractivity contribution in [2.45, 2.75) is 13.0 Å². The third-order valence-electron chi connectivity index (χ3n) is 2.50. The maximum Gasteiger partial charge on any atom is 0.310 e. The molecule has 0 amide bonds. The number of esters is 1. The molecule has 0 unspecified atom stereocenters. The molecule has 0 N–H and O–H groups in total. The van der Waals surface area contributed by atoms with Crippen LogP contribution in [0.15, 0.2) is 54.6 Å². The maximum absolute atomic E-state index is 11.6. The van der Waals surface area contributed by atoms with Gasteiger partial charge in [0.25, 0.3) is 0 Å². The van der Waals surface area contributed by atoms with Crippen LogP contribution in [0.25, 0.3) is 0 Å². The molecule has 0 spiro atoms. The first kappa shape index (κ1) is 13.1. The highest BCUT2D eigenvalue weighted by atomic mass is 127. The summed E-state index contributed by atoms with van der Waals surface area (Å²) in [6.07, 6.45) is 0.323. The Labute approximate surface area is 120 Å². The van der Waals surface area contributed by atoms with E-state index < -0.39 is 0 Å². The lowest BCUT2D eigenvalue weighted by Gasteiger charge is -2.05. The monoisotopic (exact) mass is 352 g/mol. The highest BCUT2D eigenvalue weighted by Crippen LogP contribution is 2.08. The predicted molar refractivity (Wildman–Crippen MR) is 79.1 cm³/mol. The summed E-state index contributed by atoms with van der Waals surface area (Å²) in [4.78, 5) is 11.6. The van der Waals surface area contributed by atoms with Gasteiger partial charge in [-0.2, -0.15) is 0 Å². The molecule has 0 radical (unpaired) electrons. The van der Waals surface area contributed by atoms with E-state index in [4.69, 9.17) is 4.74 Å². The molecule has 0 aliphatic carbocycles. The van der Waals surface area contributed by atoms with Crippen molar-refractivity contribution >= 4 is 28.6 Å². The third-order valence-corrected chi connectivity index (χ3v) is 3.22. The highest BCUT2D eigenvalue weighted by molar-refractivity contribution is 14.1. The summed E-state index contributed by atoms with van der Waals surface area (Å²) in [6.45, 7) is 0.337. The minimum absolute atomic E-state index is 0.194. The first-order valence-corrected chi connectivity index (χ1v) is 6.76. The predicted octanol–water partition coefficient (Wildman–Crippen LogP) is 3.58. The highest BCUT2D eigenvalue weighted by Gasteiger charge is 2.04. The van der Waals surface area contributed by atoms with Crippen LogP contribution in [0.5, 0.6) is 0 Å². The number of hydrogen-bond acceptors (Lipinski definition) is 2. The third kappa shape index (κ3) is 4.14. The van der Waals surface area contributed by atoms with Crippen LogP contribution >= 0.6 is 22.6 Å². The summed E-state index contributed by atoms with van der Waals surface area (Å²) in [5.74, 6) is -0.194. The van der Waals surface area contributed by atoms with E-state index in [0.717, 1.165) is 14.7 Å². The molecule has 0 atom stereocenters. The molecule has 92 valence electrons. The lowest BCUT2D eigenvalue weighted by molar-refractivity contribution is -0.144. The molecule has 0 bridgehead atoms. The number of ether oxygens (including phenoxy) is 1. The molecule has 0 aliphatic heterocycles. The van der Waals surface area contributed by atoms with Crippen LogP contribution in [0.1, 0.15) is 11.1 Å². The molecule has 2 aromatic carbocycles. The number of carbonyl (C=O) groups excluding carboxylic acids is 1. The van der Waals surface area contributed by atoms with E-state index >= 15 is 0 Å². The van der Waals surface area contributed by atoms with Gasteiger partial charge in [0.1, 0.15) is 6.61 Å². The van der Waals surface area contributed by atoms with Gasteiger partial charge in [-0.15, -0.1) is 0 Å². The zero-order chi connectivity index (χ0) is 12.8. The minimum atomic E-state index is -0.194. The molecule has 0 heterocycles. The Morgan fingerprint density at radius 3 is 2.28 bits per heavy atom. The molecule has 2 nitrogen and oxygen atoms in total. The van der Waals surface area contributed by atoms with Gasteiger partial charge < -0.3 is 4.74 Å². The van der Waals surface area contributed by atoms with Gasteiger partial charge in [-0.25, -0.2) is 0 Å². The normalized spacial score (nSPS) is 10.1. The smallest absolute Gasteiger partial charge is 0.310 e. The zero-order valence-corrected chi connectivity index (χ0v) is 12.0. The second kappa shape index (κ2) is 6.54. The Kier molecular flexibility index (Phi) is 4.75. The second-order valence-electron chi connectivity index (χ2n) is 3.95. The largest absolute Gasteiger partial charge is 0.461 e. The molecule has 3 heteroatoms. The van der Waals surface area contributed by atoms with E-state index in [-0.39, 0.29) is 5.97 Å². The zero-order valence-electron chi connectivity index (χ0n) is 9.80. The summed E-state index contributed by atoms with van der Waals surface area (Å²) in [5, 5.41) is 0. The van der Waals surface area contributed by atoms with E-state index in [2.05, 4.69) is 22.6 Å². The van der Waals surface area contributed by atoms with Gasteiger partial charge in [-0.1, -0.05) is 42.5 Å². The summed E-state index contributed by atoms with van der Waals surface area (Å²) < 4.78 is 6.38. The first-order valence-electron chi connectivity index (χ1n) is 5.68. The van der Waals surface area contributed by atoms with Gasteiger partial charge in [-0.05, 0) is 45.9 Å². The molecule has 0 aromatic heterocycles. The molecule has 2 aromatic rings. The van der Waals surface area contributed by atoms with Crippen molar-refractivity contribution < 1.29 is 9.53 Å². The Hall–Kier alpha value is -1.36. The summed E-state index contributed by atoms with van der Waals surface area (Å²) in [6, 6.07) is 17.6. The average Bonchev–Trinajstić information content (AvgIpc) is 2.40. The van der Waals surface area contributed by atoms with Gasteiger partial charge >= 0.3 is 5.97 Å². The molecule has 0 saturated carbocycles. The van der Waals surface area contributed by atoms with Crippen molar-refractivity contribution in [3.8, 4) is 0 Å². The van der Waals surface area contributed by atoms with Crippen LogP contribution in [-0.2, 0) is 22.6 Å². The standard InChI is InChI=1S/C15H13IO2/c16-14-8-6-12(7-9-14)10-15(17)18-11-13-4-2-1-3-5-13/h1-9H,10-11H2. The average molecular weight is 352 g/mol. The van der Waals surface area contributed by atoms with Crippen molar-refractivity contribution in [1.29, 1.82) is 0 Å². The van der Waals surface area contributed by atoms with Gasteiger partial charge in [0, 0.05) is 3.57 Å². The second-order valence-corrected chi connectivity index (χ2v) is 5.20. The Morgan fingerprint density at radius 1 is 0.944 bits per heavy atom. The number of carbonyl (C=O) groups is 1. The lowest BCUT2D eigenvalue weighted by atomic mass is 10.1. The lowest BCUT2D eigenvalue weighted by Crippen LogP contribution is -2.07. The van der Waals surface area contributed by atoms with Crippen molar-refractivity contribution in [1.82, 2.24) is 0 Å². The van der Waals surface area contributed by atoms with Crippen LogP contribution < -0.4 is 0 Å². The van der Waals surface area contributed by atoms with E-state index in [0.29, 0.717) is 13.0 Å². The Balaban J connectivity index is 1.84. The van der Waals surface area contributed by atoms with Crippen molar-refractivity contribution in [3.05, 3.63) is 69.3 Å². The fraction of sp³-hybridized carbons (Fsp3) is 0.133. The Bertz CT molecular complexity index is 506. The number of hydrogen-bond donors (Lipinski definition) is 0. The molecule has 0 fully saturated rings. The van der Waals surface area contributed by atoms with Gasteiger partial charge in [-0.3, -0.25) is 4.79 Å². The van der Waals surface area contributed by atoms with E-state index in [1.807, 2.05) is 54.6 Å². The van der Waals surface area contributed by atoms with Crippen LogP contribution in [0.3, 0.4) is 0 Å². The molecular formula is C15H13IO2. The fourth-order valence-electron chi connectivity index (χ4n) is 1.56. The van der Waals surface area contributed by atoms with Crippen molar-refractivity contribution in [3.63, 3.8) is 0 Å². The van der Waals surface area contributed by atoms with Crippen molar-refractivity contribution in [2.24, 2.45) is 0 Å². The fourth-order valence-corrected chi connectivity index (χ4v) is 1.92. The van der Waals surface area contributed by atoms with E-state index in [1.165, 1.54) is 0 Å². The van der Waals surface area contributed by atoms with Crippen LogP contribution in [0, 0.1) is 3.57 Å². The quantitative estimate of drug-likeness (QED) is 0.621. The summed E-state index contributed by atoms with van der Waals surface area (Å²) in [7, 11) is 0. The van der Waals surface area contributed by atoms with Crippen LogP contribution in [0.4, 0.5) is 0 Å². The molecule has 0 saturated heterocycles. The van der Waals surface area contributed by atoms with Gasteiger partial charge in [0.2, 0.25) is 0 Å². The number of halogens is 1. The molecule has 2 rings (SSSR count). The van der Waals surface area contributed by atoms with Gasteiger partial charge in [0.15, 0.2) is 0 Å². The van der Waals surface area contributed by atoms with Gasteiger partial charge in [0.05, 0.1) is 6.42 Å². The van der Waals surface area contributed by atoms with E-state index in [1.54, 1.807) is 0 Å². The topological polar surface area (TPSA) is 26.3 Å². The first-order chi connectivity index (χ1) is 8.74. The maximum atomic E-state index is 11.6. The number of benzene rings is 2. The number of rotatable bonds is 4. The molecule has 18 heavy (non-hydrogen) atoms. The SMILES string of the molecule is O=C(Cc1ccc(I)cc1)OCc1ccccc1. The van der Waals surface area contributed by atoms with Crippen LogP contribution in [0.2, 0.25) is 0 Å². The van der Waals surface area contributed by atoms with Crippen LogP contribution in [-0.4, -0.2) is 5.97 Å². The Morgan fingerprint density at radius 2 is 1.61 bits per heavy atom. The summed E-state index contributed by atoms with van der Waals surface area (Å²) in [5.41, 5.74) is 1.99. The van der Waals surface area contributed by atoms with E-state index in [9.17, 15) is 4.79 Å².